The van der Waals surface area contributed by atoms with Gasteiger partial charge in [-0.25, -0.2) is 4.39 Å². The summed E-state index contributed by atoms with van der Waals surface area (Å²) in [4.78, 5) is 1.92. The van der Waals surface area contributed by atoms with Crippen molar-refractivity contribution in [3.05, 3.63) is 24.0 Å². The monoisotopic (exact) mass is 225 g/mol. The zero-order valence-corrected chi connectivity index (χ0v) is 8.99. The molecular formula is C11H16FN3O. The highest BCUT2D eigenvalue weighted by Crippen LogP contribution is 2.22. The maximum absolute atomic E-state index is 13.7. The molecule has 16 heavy (non-hydrogen) atoms. The molecule has 4 N–H and O–H groups in total. The molecule has 0 spiro atoms. The molecule has 0 saturated carbocycles. The van der Waals surface area contributed by atoms with Crippen LogP contribution >= 0.6 is 0 Å². The average Bonchev–Trinajstić information content (AvgIpc) is 2.29. The summed E-state index contributed by atoms with van der Waals surface area (Å²) in [5, 5.41) is 12.2. The van der Waals surface area contributed by atoms with E-state index in [4.69, 9.17) is 10.8 Å². The van der Waals surface area contributed by atoms with E-state index >= 15 is 0 Å². The third-order valence-electron chi connectivity index (χ3n) is 2.79. The zero-order valence-electron chi connectivity index (χ0n) is 8.99. The van der Waals surface area contributed by atoms with Crippen molar-refractivity contribution in [3.8, 4) is 0 Å². The molecule has 5 heteroatoms. The predicted octanol–water partition coefficient (Wildman–Crippen LogP) is 0.178. The molecule has 2 rings (SSSR count). The number of halogens is 1. The van der Waals surface area contributed by atoms with Gasteiger partial charge in [-0.05, 0) is 18.2 Å². The molecule has 1 aliphatic heterocycles. The maximum atomic E-state index is 13.7. The third-order valence-corrected chi connectivity index (χ3v) is 2.79. The lowest BCUT2D eigenvalue weighted by atomic mass is 10.2. The molecule has 1 heterocycles. The highest BCUT2D eigenvalue weighted by Gasteiger charge is 2.20. The molecule has 0 aliphatic carbocycles. The second-order valence-corrected chi connectivity index (χ2v) is 3.99. The van der Waals surface area contributed by atoms with Gasteiger partial charge in [0.25, 0.3) is 0 Å². The van der Waals surface area contributed by atoms with Gasteiger partial charge in [0.05, 0.1) is 12.3 Å². The van der Waals surface area contributed by atoms with Crippen molar-refractivity contribution in [1.29, 1.82) is 0 Å². The van der Waals surface area contributed by atoms with E-state index in [0.717, 1.165) is 13.1 Å². The molecule has 1 aromatic carbocycles. The van der Waals surface area contributed by atoms with Gasteiger partial charge in [0.15, 0.2) is 0 Å². The van der Waals surface area contributed by atoms with Crippen molar-refractivity contribution in [3.63, 3.8) is 0 Å². The number of benzene rings is 1. The normalized spacial score (nSPS) is 21.1. The third kappa shape index (κ3) is 2.25. The Labute approximate surface area is 93.9 Å². The van der Waals surface area contributed by atoms with Gasteiger partial charge in [-0.1, -0.05) is 0 Å². The fourth-order valence-corrected chi connectivity index (χ4v) is 1.95. The van der Waals surface area contributed by atoms with Crippen LogP contribution in [0.1, 0.15) is 0 Å². The Kier molecular flexibility index (Phi) is 3.26. The van der Waals surface area contributed by atoms with Gasteiger partial charge in [0.2, 0.25) is 0 Å². The summed E-state index contributed by atoms with van der Waals surface area (Å²) >= 11 is 0. The lowest BCUT2D eigenvalue weighted by Crippen LogP contribution is -2.52. The first-order chi connectivity index (χ1) is 7.70. The van der Waals surface area contributed by atoms with E-state index in [2.05, 4.69) is 5.32 Å². The highest BCUT2D eigenvalue weighted by molar-refractivity contribution is 5.54. The number of nitrogens with one attached hydrogen (secondary N) is 1. The molecule has 0 bridgehead atoms. The van der Waals surface area contributed by atoms with Crippen LogP contribution in [-0.4, -0.2) is 37.4 Å². The number of rotatable bonds is 2. The van der Waals surface area contributed by atoms with Gasteiger partial charge in [-0.15, -0.1) is 0 Å². The number of nitrogens with zero attached hydrogens (tertiary/aromatic N) is 1. The van der Waals surface area contributed by atoms with Crippen molar-refractivity contribution in [2.24, 2.45) is 0 Å². The Hall–Kier alpha value is -1.33. The SMILES string of the molecule is Nc1ccc(N2CCN[C@H](CO)C2)c(F)c1. The Bertz CT molecular complexity index is 372. The van der Waals surface area contributed by atoms with Gasteiger partial charge in [-0.2, -0.15) is 0 Å². The largest absolute Gasteiger partial charge is 0.399 e. The lowest BCUT2D eigenvalue weighted by Gasteiger charge is -2.34. The molecule has 4 nitrogen and oxygen atoms in total. The first-order valence-corrected chi connectivity index (χ1v) is 5.35. The van der Waals surface area contributed by atoms with Crippen LogP contribution in [0.3, 0.4) is 0 Å². The van der Waals surface area contributed by atoms with Gasteiger partial charge >= 0.3 is 0 Å². The molecule has 0 unspecified atom stereocenters. The number of piperazine rings is 1. The van der Waals surface area contributed by atoms with E-state index in [-0.39, 0.29) is 18.5 Å². The van der Waals surface area contributed by atoms with E-state index < -0.39 is 0 Å². The van der Waals surface area contributed by atoms with Crippen LogP contribution in [0.2, 0.25) is 0 Å². The molecule has 0 amide bonds. The standard InChI is InChI=1S/C11H16FN3O/c12-10-5-8(13)1-2-11(10)15-4-3-14-9(6-15)7-16/h1-2,5,9,14,16H,3-4,6-7,13H2/t9-/m0/s1. The summed E-state index contributed by atoms with van der Waals surface area (Å²) in [6.45, 7) is 2.15. The second kappa shape index (κ2) is 4.67. The number of anilines is 2. The number of aliphatic hydroxyl groups is 1. The number of nitrogen functional groups attached to an aromatic ring is 1. The Morgan fingerprint density at radius 3 is 3.06 bits per heavy atom. The van der Waals surface area contributed by atoms with E-state index in [1.165, 1.54) is 6.07 Å². The van der Waals surface area contributed by atoms with Crippen LogP contribution in [0, 0.1) is 5.82 Å². The molecule has 88 valence electrons. The maximum Gasteiger partial charge on any atom is 0.148 e. The van der Waals surface area contributed by atoms with Crippen LogP contribution in [0.25, 0.3) is 0 Å². The van der Waals surface area contributed by atoms with Gasteiger partial charge in [0, 0.05) is 31.4 Å². The number of hydrogen-bond acceptors (Lipinski definition) is 4. The van der Waals surface area contributed by atoms with Crippen LogP contribution in [0.4, 0.5) is 15.8 Å². The second-order valence-electron chi connectivity index (χ2n) is 3.99. The summed E-state index contributed by atoms with van der Waals surface area (Å²) in [6, 6.07) is 4.70. The van der Waals surface area contributed by atoms with Gasteiger partial charge in [0.1, 0.15) is 5.82 Å². The van der Waals surface area contributed by atoms with Crippen LogP contribution < -0.4 is 16.0 Å². The zero-order chi connectivity index (χ0) is 11.5. The number of hydrogen-bond donors (Lipinski definition) is 3. The van der Waals surface area contributed by atoms with Crippen LogP contribution in [0.15, 0.2) is 18.2 Å². The van der Waals surface area contributed by atoms with Gasteiger partial charge in [-0.3, -0.25) is 0 Å². The fourth-order valence-electron chi connectivity index (χ4n) is 1.95. The summed E-state index contributed by atoms with van der Waals surface area (Å²) < 4.78 is 13.7. The quantitative estimate of drug-likeness (QED) is 0.628. The molecule has 1 atom stereocenters. The lowest BCUT2D eigenvalue weighted by molar-refractivity contribution is 0.235. The molecule has 1 aliphatic rings. The van der Waals surface area contributed by atoms with Crippen molar-refractivity contribution >= 4 is 11.4 Å². The molecule has 1 fully saturated rings. The topological polar surface area (TPSA) is 61.5 Å². The minimum atomic E-state index is -0.307. The number of nitrogens with two attached hydrogens (primary N) is 1. The van der Waals surface area contributed by atoms with Crippen LogP contribution in [0.5, 0.6) is 0 Å². The molecule has 0 aromatic heterocycles. The summed E-state index contributed by atoms with van der Waals surface area (Å²) in [6.07, 6.45) is 0. The van der Waals surface area contributed by atoms with Gasteiger partial charge < -0.3 is 21.1 Å². The van der Waals surface area contributed by atoms with E-state index in [1.54, 1.807) is 12.1 Å². The molecule has 0 radical (unpaired) electrons. The van der Waals surface area contributed by atoms with Crippen molar-refractivity contribution in [1.82, 2.24) is 5.32 Å². The van der Waals surface area contributed by atoms with E-state index in [0.29, 0.717) is 17.9 Å². The van der Waals surface area contributed by atoms with E-state index in [1.807, 2.05) is 4.90 Å². The van der Waals surface area contributed by atoms with E-state index in [9.17, 15) is 4.39 Å². The molecular weight excluding hydrogens is 209 g/mol. The first kappa shape index (κ1) is 11.2. The Morgan fingerprint density at radius 2 is 2.38 bits per heavy atom. The minimum Gasteiger partial charge on any atom is -0.399 e. The van der Waals surface area contributed by atoms with Crippen LogP contribution in [-0.2, 0) is 0 Å². The van der Waals surface area contributed by atoms with Crippen molar-refractivity contribution in [2.45, 2.75) is 6.04 Å². The summed E-state index contributed by atoms with van der Waals surface area (Å²) in [5.41, 5.74) is 6.48. The highest BCUT2D eigenvalue weighted by atomic mass is 19.1. The summed E-state index contributed by atoms with van der Waals surface area (Å²) in [5.74, 6) is -0.307. The van der Waals surface area contributed by atoms with Crippen molar-refractivity contribution in [2.75, 3.05) is 36.9 Å². The predicted molar refractivity (Wildman–Crippen MR) is 61.9 cm³/mol. The Balaban J connectivity index is 2.16. The smallest absolute Gasteiger partial charge is 0.148 e. The number of aliphatic hydroxyl groups excluding tert-OH is 1. The summed E-state index contributed by atoms with van der Waals surface area (Å²) in [7, 11) is 0. The fraction of sp³-hybridized carbons (Fsp3) is 0.455. The first-order valence-electron chi connectivity index (χ1n) is 5.35. The Morgan fingerprint density at radius 1 is 1.56 bits per heavy atom. The molecule has 1 saturated heterocycles. The average molecular weight is 225 g/mol. The molecule has 1 aromatic rings. The minimum absolute atomic E-state index is 0.00528. The van der Waals surface area contributed by atoms with Crippen molar-refractivity contribution < 1.29 is 9.50 Å².